The summed E-state index contributed by atoms with van der Waals surface area (Å²) in [5.74, 6) is 1.31. The van der Waals surface area contributed by atoms with Gasteiger partial charge in [-0.1, -0.05) is 35.1 Å². The van der Waals surface area contributed by atoms with E-state index in [1.165, 1.54) is 15.9 Å². The van der Waals surface area contributed by atoms with Gasteiger partial charge in [0.15, 0.2) is 16.3 Å². The van der Waals surface area contributed by atoms with Gasteiger partial charge in [0.25, 0.3) is 5.56 Å². The van der Waals surface area contributed by atoms with Crippen LogP contribution >= 0.6 is 22.9 Å². The third kappa shape index (κ3) is 4.76. The third-order valence-corrected chi connectivity index (χ3v) is 7.18. The Bertz CT molecular complexity index is 1590. The van der Waals surface area contributed by atoms with Crippen LogP contribution in [0.3, 0.4) is 0 Å². The number of nitrogens with zero attached hydrogens (tertiary/aromatic N) is 2. The van der Waals surface area contributed by atoms with Crippen LogP contribution in [0.2, 0.25) is 5.02 Å². The summed E-state index contributed by atoms with van der Waals surface area (Å²) in [5.41, 5.74) is 1.88. The Balaban J connectivity index is 1.68. The van der Waals surface area contributed by atoms with E-state index in [-0.39, 0.29) is 18.5 Å². The normalized spacial score (nSPS) is 16.6. The van der Waals surface area contributed by atoms with Crippen LogP contribution in [0.4, 0.5) is 0 Å². The van der Waals surface area contributed by atoms with E-state index in [1.807, 2.05) is 31.2 Å². The van der Waals surface area contributed by atoms with E-state index in [0.717, 1.165) is 5.56 Å². The number of fused-ring (bicyclic) bond motifs is 2. The number of aromatic nitrogens is 1. The van der Waals surface area contributed by atoms with Gasteiger partial charge in [0.2, 0.25) is 6.79 Å². The van der Waals surface area contributed by atoms with Crippen LogP contribution in [0.1, 0.15) is 44.9 Å². The molecule has 0 saturated carbocycles. The fourth-order valence-corrected chi connectivity index (χ4v) is 5.52. The van der Waals surface area contributed by atoms with E-state index in [9.17, 15) is 9.59 Å². The molecule has 0 aliphatic carbocycles. The van der Waals surface area contributed by atoms with Gasteiger partial charge in [0.1, 0.15) is 5.75 Å². The van der Waals surface area contributed by atoms with E-state index in [2.05, 4.69) is 4.99 Å². The van der Waals surface area contributed by atoms with Gasteiger partial charge in [-0.25, -0.2) is 9.79 Å². The first-order valence-electron chi connectivity index (χ1n) is 11.8. The third-order valence-electron chi connectivity index (χ3n) is 5.87. The molecular weight excluding hydrogens is 516 g/mol. The molecule has 8 nitrogen and oxygen atoms in total. The second-order valence-electron chi connectivity index (χ2n) is 8.76. The standard InChI is InChI=1S/C27H25ClN2O6S/c1-5-33-18-8-6-16(7-9-18)24-23(26(32)36-14(2)3)15(4)29-27-30(24)25(31)22(37-27)11-17-10-20-21(12-19(17)28)35-13-34-20/h6-12,14,24H,5,13H2,1-4H3/b22-11+/t24-/m1/s1. The van der Waals surface area contributed by atoms with Gasteiger partial charge in [0.05, 0.1) is 39.6 Å². The zero-order valence-electron chi connectivity index (χ0n) is 20.7. The molecule has 0 unspecified atom stereocenters. The number of rotatable bonds is 6. The number of allylic oxidation sites excluding steroid dienone is 1. The summed E-state index contributed by atoms with van der Waals surface area (Å²) in [6, 6.07) is 10.0. The van der Waals surface area contributed by atoms with Crippen LogP contribution in [0.25, 0.3) is 6.08 Å². The molecule has 192 valence electrons. The lowest BCUT2D eigenvalue weighted by molar-refractivity contribution is -0.143. The van der Waals surface area contributed by atoms with Gasteiger partial charge in [-0.05, 0) is 63.1 Å². The number of ether oxygens (including phenoxy) is 4. The molecule has 3 aromatic rings. The molecule has 1 aromatic heterocycles. The maximum Gasteiger partial charge on any atom is 0.338 e. The molecule has 0 N–H and O–H groups in total. The van der Waals surface area contributed by atoms with E-state index in [1.54, 1.807) is 39.0 Å². The first-order chi connectivity index (χ1) is 17.8. The smallest absolute Gasteiger partial charge is 0.338 e. The summed E-state index contributed by atoms with van der Waals surface area (Å²) in [5, 5.41) is 0.426. The van der Waals surface area contributed by atoms with Crippen molar-refractivity contribution in [3.8, 4) is 17.2 Å². The van der Waals surface area contributed by atoms with Crippen molar-refractivity contribution in [3.63, 3.8) is 0 Å². The number of hydrogen-bond acceptors (Lipinski definition) is 8. The van der Waals surface area contributed by atoms with E-state index < -0.39 is 12.0 Å². The first-order valence-corrected chi connectivity index (χ1v) is 13.0. The van der Waals surface area contributed by atoms with Gasteiger partial charge < -0.3 is 18.9 Å². The first kappa shape index (κ1) is 25.1. The molecule has 10 heteroatoms. The summed E-state index contributed by atoms with van der Waals surface area (Å²) in [4.78, 5) is 32.1. The highest BCUT2D eigenvalue weighted by Crippen LogP contribution is 2.37. The molecule has 37 heavy (non-hydrogen) atoms. The largest absolute Gasteiger partial charge is 0.494 e. The molecule has 0 spiro atoms. The van der Waals surface area contributed by atoms with Crippen molar-refractivity contribution in [2.24, 2.45) is 4.99 Å². The van der Waals surface area contributed by atoms with Gasteiger partial charge in [-0.3, -0.25) is 9.36 Å². The van der Waals surface area contributed by atoms with E-state index >= 15 is 0 Å². The lowest BCUT2D eigenvalue weighted by atomic mass is 9.96. The Morgan fingerprint density at radius 2 is 1.95 bits per heavy atom. The SMILES string of the molecule is CCOc1ccc([C@@H]2C(C(=O)OC(C)C)=C(C)N=c3s/c(=C/c4cc5c(cc4Cl)OCO5)c(=O)n32)cc1. The highest BCUT2D eigenvalue weighted by atomic mass is 35.5. The maximum absolute atomic E-state index is 13.8. The Hall–Kier alpha value is -3.56. The van der Waals surface area contributed by atoms with Gasteiger partial charge in [0, 0.05) is 6.07 Å². The number of halogens is 1. The molecule has 2 aliphatic rings. The minimum atomic E-state index is -0.715. The minimum absolute atomic E-state index is 0.119. The molecule has 1 atom stereocenters. The van der Waals surface area contributed by atoms with Crippen LogP contribution in [-0.2, 0) is 9.53 Å². The molecule has 0 fully saturated rings. The molecule has 2 aromatic carbocycles. The van der Waals surface area contributed by atoms with Crippen LogP contribution in [0.5, 0.6) is 17.2 Å². The molecule has 0 amide bonds. The van der Waals surface area contributed by atoms with Crippen molar-refractivity contribution in [3.05, 3.63) is 83.5 Å². The predicted octanol–water partition coefficient (Wildman–Crippen LogP) is 3.97. The summed E-state index contributed by atoms with van der Waals surface area (Å²) >= 11 is 7.69. The van der Waals surface area contributed by atoms with Crippen molar-refractivity contribution >= 4 is 35.0 Å². The Morgan fingerprint density at radius 3 is 2.62 bits per heavy atom. The highest BCUT2D eigenvalue weighted by molar-refractivity contribution is 7.07. The number of hydrogen-bond donors (Lipinski definition) is 0. The summed E-state index contributed by atoms with van der Waals surface area (Å²) in [6.45, 7) is 7.87. The summed E-state index contributed by atoms with van der Waals surface area (Å²) in [6.07, 6.45) is 1.38. The van der Waals surface area contributed by atoms with Crippen molar-refractivity contribution in [2.45, 2.75) is 39.8 Å². The van der Waals surface area contributed by atoms with Crippen molar-refractivity contribution in [1.29, 1.82) is 0 Å². The molecule has 2 aliphatic heterocycles. The Labute approximate surface area is 222 Å². The lowest BCUT2D eigenvalue weighted by Crippen LogP contribution is -2.40. The average Bonchev–Trinajstić information content (AvgIpc) is 3.42. The zero-order chi connectivity index (χ0) is 26.3. The van der Waals surface area contributed by atoms with Gasteiger partial charge in [-0.15, -0.1) is 0 Å². The second-order valence-corrected chi connectivity index (χ2v) is 10.2. The molecular formula is C27H25ClN2O6S. The number of thiazole rings is 1. The van der Waals surface area contributed by atoms with Crippen LogP contribution in [0, 0.1) is 0 Å². The van der Waals surface area contributed by atoms with E-state index in [0.29, 0.717) is 55.0 Å². The van der Waals surface area contributed by atoms with Crippen LogP contribution in [0.15, 0.2) is 57.5 Å². The van der Waals surface area contributed by atoms with Crippen molar-refractivity contribution in [2.75, 3.05) is 13.4 Å². The van der Waals surface area contributed by atoms with Crippen LogP contribution < -0.4 is 29.1 Å². The number of carbonyl (C=O) groups is 1. The van der Waals surface area contributed by atoms with E-state index in [4.69, 9.17) is 30.5 Å². The number of esters is 1. The fraction of sp³-hybridized carbons (Fsp3) is 0.296. The lowest BCUT2D eigenvalue weighted by Gasteiger charge is -2.25. The maximum atomic E-state index is 13.8. The van der Waals surface area contributed by atoms with Gasteiger partial charge in [-0.2, -0.15) is 0 Å². The molecule has 3 heterocycles. The van der Waals surface area contributed by atoms with Crippen molar-refractivity contribution in [1.82, 2.24) is 4.57 Å². The topological polar surface area (TPSA) is 88.4 Å². The minimum Gasteiger partial charge on any atom is -0.494 e. The average molecular weight is 541 g/mol. The molecule has 0 radical (unpaired) electrons. The van der Waals surface area contributed by atoms with Crippen LogP contribution in [-0.4, -0.2) is 30.0 Å². The quantitative estimate of drug-likeness (QED) is 0.440. The predicted molar refractivity (Wildman–Crippen MR) is 140 cm³/mol. The molecule has 0 saturated heterocycles. The van der Waals surface area contributed by atoms with Gasteiger partial charge >= 0.3 is 5.97 Å². The monoisotopic (exact) mass is 540 g/mol. The zero-order valence-corrected chi connectivity index (χ0v) is 22.3. The number of benzene rings is 2. The molecule has 5 rings (SSSR count). The highest BCUT2D eigenvalue weighted by Gasteiger charge is 2.34. The Kier molecular flexibility index (Phi) is 6.83. The summed E-state index contributed by atoms with van der Waals surface area (Å²) < 4.78 is 23.9. The molecule has 0 bridgehead atoms. The number of carbonyl (C=O) groups excluding carboxylic acids is 1. The Morgan fingerprint density at radius 1 is 1.24 bits per heavy atom. The van der Waals surface area contributed by atoms with Crippen molar-refractivity contribution < 1.29 is 23.7 Å². The fourth-order valence-electron chi connectivity index (χ4n) is 4.27. The second kappa shape index (κ2) is 10.1. The summed E-state index contributed by atoms with van der Waals surface area (Å²) in [7, 11) is 0.